The third kappa shape index (κ3) is 6.22. The number of nitrogens with zero attached hydrogens (tertiary/aromatic N) is 1. The average molecular weight is 562 g/mol. The maximum Gasteiger partial charge on any atom is 0.435 e. The minimum Gasteiger partial charge on any atom is -0.374 e. The van der Waals surface area contributed by atoms with Gasteiger partial charge < -0.3 is 15.5 Å². The van der Waals surface area contributed by atoms with Gasteiger partial charge in [0.05, 0.1) is 19.1 Å². The molecule has 14 heteroatoms. The zero-order chi connectivity index (χ0) is 31.3. The number of amides is 2. The standard InChI is InChI=1S/C22H17Cl2F6N3O3/c1-11-4-12(2-3-16(11)19(35)31-9-18(34)32-10-21(25,26)27)17-8-20(36-33-17,22(28,29)30)13-5-14(23)7-15(24)6-13/h2-7H,8-10H2,1H3,(H,31,35)(H,32,34)/i5D,6D,7D,9D2,31+1. The lowest BCUT2D eigenvalue weighted by molar-refractivity contribution is -0.275. The highest BCUT2D eigenvalue weighted by Crippen LogP contribution is 2.49. The summed E-state index contributed by atoms with van der Waals surface area (Å²) in [5.41, 5.74) is -5.00. The predicted octanol–water partition coefficient (Wildman–Crippen LogP) is 5.29. The van der Waals surface area contributed by atoms with E-state index >= 15 is 0 Å². The summed E-state index contributed by atoms with van der Waals surface area (Å²) in [6, 6.07) is 0.627. The maximum atomic E-state index is 14.4. The van der Waals surface area contributed by atoms with Gasteiger partial charge in [-0.15, -0.1) is 0 Å². The Morgan fingerprint density at radius 3 is 2.33 bits per heavy atom. The van der Waals surface area contributed by atoms with E-state index in [4.69, 9.17) is 34.9 Å². The lowest BCUT2D eigenvalue weighted by atomic mass is 9.86. The molecule has 0 saturated heterocycles. The number of benzene rings is 2. The first-order valence-electron chi connectivity index (χ1n) is 12.2. The van der Waals surface area contributed by atoms with Crippen molar-refractivity contribution in [2.45, 2.75) is 31.3 Å². The highest BCUT2D eigenvalue weighted by atomic mass is 35.5. The molecule has 0 saturated carbocycles. The first kappa shape index (κ1) is 21.1. The molecule has 2 aromatic rings. The fourth-order valence-electron chi connectivity index (χ4n) is 3.13. The smallest absolute Gasteiger partial charge is 0.374 e. The van der Waals surface area contributed by atoms with Crippen LogP contribution in [0.3, 0.4) is 0 Å². The van der Waals surface area contributed by atoms with E-state index in [0.29, 0.717) is 0 Å². The zero-order valence-electron chi connectivity index (χ0n) is 22.8. The molecule has 0 bridgehead atoms. The third-order valence-electron chi connectivity index (χ3n) is 4.82. The van der Waals surface area contributed by atoms with Crippen LogP contribution in [0.25, 0.3) is 0 Å². The molecule has 0 fully saturated rings. The third-order valence-corrected chi connectivity index (χ3v) is 5.20. The van der Waals surface area contributed by atoms with Crippen LogP contribution >= 0.6 is 23.2 Å². The second kappa shape index (κ2) is 10.2. The fourth-order valence-corrected chi connectivity index (χ4v) is 3.56. The van der Waals surface area contributed by atoms with Crippen molar-refractivity contribution in [2.24, 2.45) is 5.16 Å². The molecule has 3 rings (SSSR count). The second-order valence-corrected chi connectivity index (χ2v) is 8.17. The highest BCUT2D eigenvalue weighted by molar-refractivity contribution is 6.34. The normalized spacial score (nSPS) is 20.2. The molecule has 0 spiro atoms. The zero-order valence-corrected chi connectivity index (χ0v) is 19.4. The van der Waals surface area contributed by atoms with Crippen LogP contribution in [0, 0.1) is 6.92 Å². The maximum absolute atomic E-state index is 14.4. The molecular formula is C22H17Cl2F6N3O3. The lowest BCUT2D eigenvalue weighted by Crippen LogP contribution is -2.42. The van der Waals surface area contributed by atoms with Crippen LogP contribution in [-0.2, 0) is 15.2 Å². The van der Waals surface area contributed by atoms with E-state index in [0.717, 1.165) is 12.1 Å². The number of carbonyl (C=O) groups is 2. The Morgan fingerprint density at radius 1 is 1.14 bits per heavy atom. The van der Waals surface area contributed by atoms with Gasteiger partial charge in [-0.1, -0.05) is 34.4 Å². The van der Waals surface area contributed by atoms with Crippen molar-refractivity contribution in [1.29, 1.82) is 0 Å². The molecule has 1 heterocycles. The lowest BCUT2D eigenvalue weighted by Gasteiger charge is -2.29. The number of halogens is 8. The fraction of sp³-hybridized carbons (Fsp3) is 0.318. The van der Waals surface area contributed by atoms with Crippen LogP contribution in [0.5, 0.6) is 0 Å². The number of carbonyl (C=O) groups excluding carboxylic acids is 2. The van der Waals surface area contributed by atoms with Gasteiger partial charge in [0, 0.05) is 27.6 Å². The molecule has 1 aliphatic rings. The largest absolute Gasteiger partial charge is 0.435 e. The SMILES string of the molecule is [2H]c1c(Cl)c([2H])c(C2(C(F)(F)F)CC(c3ccc(C(=O)[15NH]C([2H])([2H])C(=O)NCC(F)(F)F)c(C)c3)=NO2)c([2H])c1Cl. The van der Waals surface area contributed by atoms with E-state index in [1.165, 1.54) is 18.3 Å². The van der Waals surface area contributed by atoms with Gasteiger partial charge in [0.1, 0.15) is 6.54 Å². The van der Waals surface area contributed by atoms with Gasteiger partial charge in [0.15, 0.2) is 0 Å². The monoisotopic (exact) mass is 561 g/mol. The van der Waals surface area contributed by atoms with Crippen molar-refractivity contribution >= 4 is 40.7 Å². The van der Waals surface area contributed by atoms with Gasteiger partial charge in [-0.05, 0) is 48.3 Å². The van der Waals surface area contributed by atoms with Crippen molar-refractivity contribution in [2.75, 3.05) is 13.0 Å². The summed E-state index contributed by atoms with van der Waals surface area (Å²) < 4.78 is 119. The summed E-state index contributed by atoms with van der Waals surface area (Å²) >= 11 is 11.7. The second-order valence-electron chi connectivity index (χ2n) is 7.42. The Labute approximate surface area is 217 Å². The quantitative estimate of drug-likeness (QED) is 0.371. The summed E-state index contributed by atoms with van der Waals surface area (Å²) in [4.78, 5) is 29.2. The molecule has 1 atom stereocenters. The molecule has 36 heavy (non-hydrogen) atoms. The van der Waals surface area contributed by atoms with Crippen molar-refractivity contribution in [1.82, 2.24) is 10.6 Å². The minimum absolute atomic E-state index is 0.0107. The van der Waals surface area contributed by atoms with Crippen LogP contribution in [0.4, 0.5) is 26.3 Å². The molecular weight excluding hydrogens is 540 g/mol. The first-order chi connectivity index (χ1) is 18.6. The number of alkyl halides is 6. The van der Waals surface area contributed by atoms with Crippen molar-refractivity contribution in [3.05, 3.63) is 68.6 Å². The molecule has 0 radical (unpaired) electrons. The number of hydrogen-bond donors (Lipinski definition) is 2. The Bertz CT molecular complexity index is 1430. The van der Waals surface area contributed by atoms with E-state index in [2.05, 4.69) is 5.16 Å². The first-order valence-corrected chi connectivity index (χ1v) is 10.4. The highest BCUT2D eigenvalue weighted by Gasteiger charge is 2.62. The van der Waals surface area contributed by atoms with Crippen LogP contribution in [0.15, 0.2) is 41.5 Å². The molecule has 1 aliphatic heterocycles. The topological polar surface area (TPSA) is 79.8 Å². The molecule has 6 nitrogen and oxygen atoms in total. The average Bonchev–Trinajstić information content (AvgIpc) is 3.30. The summed E-state index contributed by atoms with van der Waals surface area (Å²) in [5.74, 6) is -2.98. The van der Waals surface area contributed by atoms with Gasteiger partial charge in [0.25, 0.3) is 11.5 Å². The van der Waals surface area contributed by atoms with Gasteiger partial charge in [-0.2, -0.15) is 26.3 Å². The van der Waals surface area contributed by atoms with E-state index in [9.17, 15) is 35.9 Å². The van der Waals surface area contributed by atoms with Gasteiger partial charge in [0.2, 0.25) is 5.91 Å². The van der Waals surface area contributed by atoms with Crippen molar-refractivity contribution in [3.8, 4) is 0 Å². The number of nitrogens with one attached hydrogen (secondary N) is 2. The van der Waals surface area contributed by atoms with Crippen LogP contribution < -0.4 is 10.6 Å². The van der Waals surface area contributed by atoms with Gasteiger partial charge in [-0.3, -0.25) is 9.59 Å². The number of oxime groups is 1. The Balaban J connectivity index is 1.90. The van der Waals surface area contributed by atoms with E-state index in [1.54, 1.807) is 5.32 Å². The van der Waals surface area contributed by atoms with Gasteiger partial charge >= 0.3 is 12.4 Å². The summed E-state index contributed by atoms with van der Waals surface area (Å²) in [6.45, 7) is -3.78. The number of aryl methyl sites for hydroxylation is 1. The Kier molecular flexibility index (Phi) is 5.97. The molecule has 0 aliphatic carbocycles. The van der Waals surface area contributed by atoms with E-state index in [-0.39, 0.29) is 22.4 Å². The number of rotatable bonds is 6. The molecule has 2 N–H and O–H groups in total. The van der Waals surface area contributed by atoms with Crippen LogP contribution in [0.1, 0.15) is 40.3 Å². The summed E-state index contributed by atoms with van der Waals surface area (Å²) in [6.07, 6.45) is -11.1. The number of hydrogen-bond acceptors (Lipinski definition) is 4. The molecule has 0 aromatic heterocycles. The summed E-state index contributed by atoms with van der Waals surface area (Å²) in [7, 11) is 0. The van der Waals surface area contributed by atoms with E-state index in [1.807, 2.05) is 0 Å². The van der Waals surface area contributed by atoms with E-state index < -0.39 is 83.0 Å². The van der Waals surface area contributed by atoms with Crippen molar-refractivity contribution in [3.63, 3.8) is 0 Å². The Morgan fingerprint density at radius 2 is 1.78 bits per heavy atom. The molecule has 1 unspecified atom stereocenters. The van der Waals surface area contributed by atoms with Crippen LogP contribution in [-0.4, -0.2) is 42.9 Å². The molecule has 2 aromatic carbocycles. The van der Waals surface area contributed by atoms with Crippen molar-refractivity contribution < 1.29 is 47.6 Å². The Hall–Kier alpha value is -2.99. The summed E-state index contributed by atoms with van der Waals surface area (Å²) in [5, 5.41) is 4.98. The predicted molar refractivity (Wildman–Crippen MR) is 119 cm³/mol. The minimum atomic E-state index is -5.26. The molecule has 194 valence electrons. The van der Waals surface area contributed by atoms with Crippen LogP contribution in [0.2, 0.25) is 10.0 Å². The molecule has 2 amide bonds. The van der Waals surface area contributed by atoms with Gasteiger partial charge in [-0.25, -0.2) is 0 Å².